The van der Waals surface area contributed by atoms with Gasteiger partial charge in [-0.2, -0.15) is 5.26 Å². The van der Waals surface area contributed by atoms with Crippen LogP contribution >= 0.6 is 0 Å². The molecule has 1 N–H and O–H groups in total. The third kappa shape index (κ3) is 2.45. The van der Waals surface area contributed by atoms with Gasteiger partial charge in [0, 0.05) is 19.6 Å². The molecule has 110 valence electrons. The molecule has 2 rings (SSSR count). The summed E-state index contributed by atoms with van der Waals surface area (Å²) in [5.74, 6) is -0.495. The Labute approximate surface area is 119 Å². The average Bonchev–Trinajstić information content (AvgIpc) is 2.96. The van der Waals surface area contributed by atoms with Gasteiger partial charge in [0.2, 0.25) is 0 Å². The molecular formula is C14H21N3O3. The van der Waals surface area contributed by atoms with Gasteiger partial charge in [-0.1, -0.05) is 6.42 Å². The number of hydrogen-bond acceptors (Lipinski definition) is 3. The lowest BCUT2D eigenvalue weighted by Gasteiger charge is -2.31. The summed E-state index contributed by atoms with van der Waals surface area (Å²) in [6.07, 6.45) is 3.21. The first kappa shape index (κ1) is 14.6. The molecule has 2 amide bonds. The van der Waals surface area contributed by atoms with Crippen LogP contribution in [0.4, 0.5) is 4.79 Å². The fraction of sp³-hybridized carbons (Fsp3) is 0.786. The quantitative estimate of drug-likeness (QED) is 0.849. The first-order valence-electron chi connectivity index (χ1n) is 7.10. The van der Waals surface area contributed by atoms with E-state index in [1.165, 1.54) is 9.80 Å². The van der Waals surface area contributed by atoms with E-state index in [1.807, 2.05) is 6.07 Å². The zero-order valence-electron chi connectivity index (χ0n) is 12.0. The van der Waals surface area contributed by atoms with Crippen molar-refractivity contribution in [2.75, 3.05) is 13.6 Å². The second kappa shape index (κ2) is 5.70. The molecule has 0 aromatic heterocycles. The minimum Gasteiger partial charge on any atom is -0.480 e. The molecule has 20 heavy (non-hydrogen) atoms. The van der Waals surface area contributed by atoms with Gasteiger partial charge in [-0.15, -0.1) is 0 Å². The predicted molar refractivity (Wildman–Crippen MR) is 71.8 cm³/mol. The van der Waals surface area contributed by atoms with Gasteiger partial charge < -0.3 is 14.9 Å². The summed E-state index contributed by atoms with van der Waals surface area (Å²) in [6, 6.07) is 0.862. The summed E-state index contributed by atoms with van der Waals surface area (Å²) in [5.41, 5.74) is 0. The zero-order chi connectivity index (χ0) is 14.9. The van der Waals surface area contributed by atoms with Crippen molar-refractivity contribution in [3.63, 3.8) is 0 Å². The average molecular weight is 279 g/mol. The highest BCUT2D eigenvalue weighted by Gasteiger charge is 2.50. The van der Waals surface area contributed by atoms with Crippen molar-refractivity contribution in [2.45, 2.75) is 44.7 Å². The van der Waals surface area contributed by atoms with Crippen molar-refractivity contribution in [1.29, 1.82) is 5.26 Å². The fourth-order valence-corrected chi connectivity index (χ4v) is 3.48. The molecule has 0 bridgehead atoms. The molecule has 1 saturated heterocycles. The Balaban J connectivity index is 2.13. The molecule has 1 saturated carbocycles. The van der Waals surface area contributed by atoms with Gasteiger partial charge in [-0.25, -0.2) is 9.59 Å². The SMILES string of the molecule is CC(CC#N)N(C)C(=O)N1CC2CCCC2C1C(=O)O. The van der Waals surface area contributed by atoms with Crippen LogP contribution < -0.4 is 0 Å². The Hall–Kier alpha value is -1.77. The largest absolute Gasteiger partial charge is 0.480 e. The van der Waals surface area contributed by atoms with E-state index in [2.05, 4.69) is 0 Å². The molecule has 1 heterocycles. The Morgan fingerprint density at radius 3 is 2.80 bits per heavy atom. The molecule has 0 radical (unpaired) electrons. The van der Waals surface area contributed by atoms with Crippen LogP contribution in [0.2, 0.25) is 0 Å². The number of nitrogens with zero attached hydrogens (tertiary/aromatic N) is 3. The summed E-state index contributed by atoms with van der Waals surface area (Å²) < 4.78 is 0. The van der Waals surface area contributed by atoms with Crippen molar-refractivity contribution in [3.8, 4) is 6.07 Å². The summed E-state index contributed by atoms with van der Waals surface area (Å²) >= 11 is 0. The number of rotatable bonds is 3. The van der Waals surface area contributed by atoms with E-state index in [0.717, 1.165) is 19.3 Å². The molecule has 2 aliphatic rings. The van der Waals surface area contributed by atoms with Crippen LogP contribution in [0.1, 0.15) is 32.6 Å². The summed E-state index contributed by atoms with van der Waals surface area (Å²) in [5, 5.41) is 18.1. The highest BCUT2D eigenvalue weighted by Crippen LogP contribution is 2.42. The summed E-state index contributed by atoms with van der Waals surface area (Å²) in [4.78, 5) is 27.0. The third-order valence-corrected chi connectivity index (χ3v) is 4.74. The van der Waals surface area contributed by atoms with Gasteiger partial charge in [-0.05, 0) is 31.6 Å². The smallest absolute Gasteiger partial charge is 0.326 e. The van der Waals surface area contributed by atoms with E-state index in [4.69, 9.17) is 5.26 Å². The fourth-order valence-electron chi connectivity index (χ4n) is 3.48. The number of urea groups is 1. The van der Waals surface area contributed by atoms with Gasteiger partial charge >= 0.3 is 12.0 Å². The van der Waals surface area contributed by atoms with Gasteiger partial charge in [0.05, 0.1) is 12.5 Å². The van der Waals surface area contributed by atoms with Crippen LogP contribution in [0, 0.1) is 23.2 Å². The maximum absolute atomic E-state index is 12.5. The first-order valence-corrected chi connectivity index (χ1v) is 7.10. The lowest BCUT2D eigenvalue weighted by molar-refractivity contribution is -0.142. The lowest BCUT2D eigenvalue weighted by Crippen LogP contribution is -2.50. The van der Waals surface area contributed by atoms with Gasteiger partial charge in [0.25, 0.3) is 0 Å². The number of carbonyl (C=O) groups is 2. The van der Waals surface area contributed by atoms with Crippen LogP contribution in [0.25, 0.3) is 0 Å². The maximum atomic E-state index is 12.5. The standard InChI is InChI=1S/C14H21N3O3/c1-9(6-7-15)16(2)14(20)17-8-10-4-3-5-11(10)12(17)13(18)19/h9-12H,3-6,8H2,1-2H3,(H,18,19). The van der Waals surface area contributed by atoms with E-state index < -0.39 is 12.0 Å². The molecule has 4 unspecified atom stereocenters. The number of amides is 2. The van der Waals surface area contributed by atoms with E-state index in [1.54, 1.807) is 14.0 Å². The van der Waals surface area contributed by atoms with E-state index in [9.17, 15) is 14.7 Å². The molecular weight excluding hydrogens is 258 g/mol. The Bertz CT molecular complexity index is 445. The molecule has 1 aliphatic carbocycles. The number of likely N-dealkylation sites (tertiary alicyclic amines) is 1. The van der Waals surface area contributed by atoms with Crippen LogP contribution in [0.3, 0.4) is 0 Å². The van der Waals surface area contributed by atoms with Crippen molar-refractivity contribution >= 4 is 12.0 Å². The molecule has 6 heteroatoms. The van der Waals surface area contributed by atoms with Gasteiger partial charge in [0.15, 0.2) is 0 Å². The highest BCUT2D eigenvalue weighted by molar-refractivity contribution is 5.84. The molecule has 6 nitrogen and oxygen atoms in total. The zero-order valence-corrected chi connectivity index (χ0v) is 12.0. The number of nitriles is 1. The van der Waals surface area contributed by atoms with E-state index >= 15 is 0 Å². The van der Waals surface area contributed by atoms with E-state index in [0.29, 0.717) is 12.5 Å². The molecule has 0 aromatic rings. The number of carboxylic acids is 1. The van der Waals surface area contributed by atoms with Crippen LogP contribution in [0.5, 0.6) is 0 Å². The normalized spacial score (nSPS) is 29.6. The van der Waals surface area contributed by atoms with Crippen molar-refractivity contribution in [1.82, 2.24) is 9.80 Å². The summed E-state index contributed by atoms with van der Waals surface area (Å²) in [7, 11) is 1.64. The van der Waals surface area contributed by atoms with Crippen molar-refractivity contribution in [3.05, 3.63) is 0 Å². The monoisotopic (exact) mass is 279 g/mol. The minimum absolute atomic E-state index is 0.0936. The van der Waals surface area contributed by atoms with Crippen molar-refractivity contribution in [2.24, 2.45) is 11.8 Å². The Morgan fingerprint density at radius 2 is 2.20 bits per heavy atom. The van der Waals surface area contributed by atoms with E-state index in [-0.39, 0.29) is 24.4 Å². The second-order valence-corrected chi connectivity index (χ2v) is 5.90. The molecule has 4 atom stereocenters. The first-order chi connectivity index (χ1) is 9.47. The number of carboxylic acid groups (broad SMARTS) is 1. The second-order valence-electron chi connectivity index (χ2n) is 5.90. The highest BCUT2D eigenvalue weighted by atomic mass is 16.4. The molecule has 2 fully saturated rings. The third-order valence-electron chi connectivity index (χ3n) is 4.74. The number of carbonyl (C=O) groups excluding carboxylic acids is 1. The van der Waals surface area contributed by atoms with Crippen LogP contribution in [-0.4, -0.2) is 52.6 Å². The minimum atomic E-state index is -0.908. The number of fused-ring (bicyclic) bond motifs is 1. The number of aliphatic carboxylic acids is 1. The molecule has 1 aliphatic heterocycles. The van der Waals surface area contributed by atoms with Crippen LogP contribution in [0.15, 0.2) is 0 Å². The Kier molecular flexibility index (Phi) is 4.17. The molecule has 0 aromatic carbocycles. The molecule has 0 spiro atoms. The topological polar surface area (TPSA) is 84.6 Å². The maximum Gasteiger partial charge on any atom is 0.326 e. The Morgan fingerprint density at radius 1 is 1.50 bits per heavy atom. The van der Waals surface area contributed by atoms with Gasteiger partial charge in [-0.3, -0.25) is 0 Å². The number of hydrogen-bond donors (Lipinski definition) is 1. The van der Waals surface area contributed by atoms with Crippen molar-refractivity contribution < 1.29 is 14.7 Å². The summed E-state index contributed by atoms with van der Waals surface area (Å²) in [6.45, 7) is 2.33. The lowest BCUT2D eigenvalue weighted by atomic mass is 9.94. The predicted octanol–water partition coefficient (Wildman–Crippen LogP) is 1.53. The van der Waals surface area contributed by atoms with Crippen LogP contribution in [-0.2, 0) is 4.79 Å². The van der Waals surface area contributed by atoms with Gasteiger partial charge in [0.1, 0.15) is 6.04 Å².